The maximum absolute atomic E-state index is 12.8. The van der Waals surface area contributed by atoms with Gasteiger partial charge in [-0.25, -0.2) is 0 Å². The Bertz CT molecular complexity index is 763. The van der Waals surface area contributed by atoms with Gasteiger partial charge in [-0.1, -0.05) is 12.1 Å². The molecule has 1 saturated carbocycles. The summed E-state index contributed by atoms with van der Waals surface area (Å²) in [5.74, 6) is 0.575. The summed E-state index contributed by atoms with van der Waals surface area (Å²) in [6, 6.07) is 5.36. The molecule has 0 radical (unpaired) electrons. The van der Waals surface area contributed by atoms with Gasteiger partial charge in [-0.2, -0.15) is 0 Å². The van der Waals surface area contributed by atoms with Crippen LogP contribution < -0.4 is 16.4 Å². The molecule has 0 aromatic heterocycles. The van der Waals surface area contributed by atoms with Gasteiger partial charge in [-0.15, -0.1) is 0 Å². The molecule has 1 aliphatic carbocycles. The molecule has 1 aromatic rings. The van der Waals surface area contributed by atoms with Gasteiger partial charge in [0.25, 0.3) is 5.91 Å². The van der Waals surface area contributed by atoms with Crippen molar-refractivity contribution in [1.29, 1.82) is 0 Å². The Morgan fingerprint density at radius 3 is 2.81 bits per heavy atom. The van der Waals surface area contributed by atoms with Crippen LogP contribution in [0, 0.1) is 11.8 Å². The Hall–Kier alpha value is -2.25. The molecule has 3 aliphatic rings. The molecule has 4 rings (SSSR count). The van der Waals surface area contributed by atoms with Crippen molar-refractivity contribution in [1.82, 2.24) is 15.5 Å². The molecular weight excluding hydrogens is 332 g/mol. The Balaban J connectivity index is 1.39. The lowest BCUT2D eigenvalue weighted by Crippen LogP contribution is -2.52. The minimum atomic E-state index is -0.558. The van der Waals surface area contributed by atoms with Crippen LogP contribution in [-0.2, 0) is 22.7 Å². The monoisotopic (exact) mass is 356 g/mol. The number of piperidine rings is 1. The van der Waals surface area contributed by atoms with Crippen molar-refractivity contribution in [3.63, 3.8) is 0 Å². The maximum atomic E-state index is 12.8. The molecule has 26 heavy (non-hydrogen) atoms. The van der Waals surface area contributed by atoms with Crippen molar-refractivity contribution >= 4 is 17.7 Å². The second-order valence-electron chi connectivity index (χ2n) is 7.51. The van der Waals surface area contributed by atoms with E-state index in [0.717, 1.165) is 24.2 Å². The number of fused-ring (bicyclic) bond motifs is 1. The first-order chi connectivity index (χ1) is 12.6. The quantitative estimate of drug-likeness (QED) is 0.629. The summed E-state index contributed by atoms with van der Waals surface area (Å²) >= 11 is 0. The van der Waals surface area contributed by atoms with Crippen LogP contribution in [0.2, 0.25) is 0 Å². The van der Waals surface area contributed by atoms with E-state index < -0.39 is 6.04 Å². The Labute approximate surface area is 152 Å². The zero-order chi connectivity index (χ0) is 18.3. The lowest BCUT2D eigenvalue weighted by molar-refractivity contribution is -0.136. The van der Waals surface area contributed by atoms with E-state index in [2.05, 4.69) is 10.6 Å². The van der Waals surface area contributed by atoms with Gasteiger partial charge in [-0.3, -0.25) is 19.7 Å². The lowest BCUT2D eigenvalue weighted by Gasteiger charge is -2.29. The van der Waals surface area contributed by atoms with Crippen molar-refractivity contribution in [3.8, 4) is 0 Å². The molecular formula is C19H24N4O3. The van der Waals surface area contributed by atoms with E-state index in [1.165, 1.54) is 6.42 Å². The summed E-state index contributed by atoms with van der Waals surface area (Å²) in [5.41, 5.74) is 8.33. The molecule has 1 aromatic carbocycles. The van der Waals surface area contributed by atoms with Crippen LogP contribution in [-0.4, -0.2) is 41.8 Å². The standard InChI is InChI=1S/C19H24N4O3/c20-7-13-6-14(13)9-21-8-11-1-2-12-10-23(19(26)15(12)5-11)16-3-4-17(24)22-18(16)25/h1-2,5,13-14,16,21H,3-4,6-10,20H2,(H,22,24,25)/t13-,14-,16?/m0/s1. The zero-order valence-corrected chi connectivity index (χ0v) is 14.7. The minimum absolute atomic E-state index is 0.123. The first-order valence-electron chi connectivity index (χ1n) is 9.24. The molecule has 3 amide bonds. The highest BCUT2D eigenvalue weighted by molar-refractivity contribution is 6.05. The summed E-state index contributed by atoms with van der Waals surface area (Å²) in [7, 11) is 0. The molecule has 7 heteroatoms. The number of nitrogens with one attached hydrogen (secondary N) is 2. The molecule has 138 valence electrons. The molecule has 2 fully saturated rings. The number of carbonyl (C=O) groups excluding carboxylic acids is 3. The van der Waals surface area contributed by atoms with Crippen molar-refractivity contribution < 1.29 is 14.4 Å². The minimum Gasteiger partial charge on any atom is -0.330 e. The summed E-state index contributed by atoms with van der Waals surface area (Å²) < 4.78 is 0. The average molecular weight is 356 g/mol. The molecule has 0 spiro atoms. The normalized spacial score (nSPS) is 27.5. The number of hydrogen-bond donors (Lipinski definition) is 3. The van der Waals surface area contributed by atoms with E-state index in [1.54, 1.807) is 4.90 Å². The van der Waals surface area contributed by atoms with Gasteiger partial charge in [0.15, 0.2) is 0 Å². The number of rotatable bonds is 6. The molecule has 2 heterocycles. The fourth-order valence-electron chi connectivity index (χ4n) is 3.96. The molecule has 7 nitrogen and oxygen atoms in total. The Morgan fingerprint density at radius 1 is 1.23 bits per heavy atom. The van der Waals surface area contributed by atoms with Crippen molar-refractivity contribution in [3.05, 3.63) is 34.9 Å². The van der Waals surface area contributed by atoms with Crippen LogP contribution >= 0.6 is 0 Å². The molecule has 1 saturated heterocycles. The van der Waals surface area contributed by atoms with Crippen LogP contribution in [0.1, 0.15) is 40.7 Å². The molecule has 0 bridgehead atoms. The number of nitrogens with zero attached hydrogens (tertiary/aromatic N) is 1. The fourth-order valence-corrected chi connectivity index (χ4v) is 3.96. The number of nitrogens with two attached hydrogens (primary N) is 1. The van der Waals surface area contributed by atoms with Crippen molar-refractivity contribution in [2.45, 2.75) is 38.4 Å². The lowest BCUT2D eigenvalue weighted by atomic mass is 10.0. The SMILES string of the molecule is NC[C@@H]1C[C@H]1CNCc1ccc2c(c1)C(=O)N(C1CCC(=O)NC1=O)C2. The highest BCUT2D eigenvalue weighted by atomic mass is 16.2. The smallest absolute Gasteiger partial charge is 0.255 e. The second-order valence-corrected chi connectivity index (χ2v) is 7.51. The van der Waals surface area contributed by atoms with Gasteiger partial charge in [0, 0.05) is 25.1 Å². The van der Waals surface area contributed by atoms with Gasteiger partial charge < -0.3 is 16.0 Å². The Morgan fingerprint density at radius 2 is 2.08 bits per heavy atom. The largest absolute Gasteiger partial charge is 0.330 e. The maximum Gasteiger partial charge on any atom is 0.255 e. The number of hydrogen-bond acceptors (Lipinski definition) is 5. The summed E-state index contributed by atoms with van der Waals surface area (Å²) in [6.07, 6.45) is 1.87. The van der Waals surface area contributed by atoms with E-state index in [4.69, 9.17) is 5.73 Å². The highest BCUT2D eigenvalue weighted by Gasteiger charge is 2.39. The van der Waals surface area contributed by atoms with Crippen molar-refractivity contribution in [2.75, 3.05) is 13.1 Å². The second kappa shape index (κ2) is 6.81. The van der Waals surface area contributed by atoms with Gasteiger partial charge in [0.1, 0.15) is 6.04 Å². The number of benzene rings is 1. The number of carbonyl (C=O) groups is 3. The van der Waals surface area contributed by atoms with Crippen LogP contribution in [0.25, 0.3) is 0 Å². The molecule has 3 atom stereocenters. The van der Waals surface area contributed by atoms with Gasteiger partial charge in [0.2, 0.25) is 11.8 Å². The number of amides is 3. The highest BCUT2D eigenvalue weighted by Crippen LogP contribution is 2.36. The first-order valence-corrected chi connectivity index (χ1v) is 9.24. The van der Waals surface area contributed by atoms with Gasteiger partial charge >= 0.3 is 0 Å². The first kappa shape index (κ1) is 17.2. The summed E-state index contributed by atoms with van der Waals surface area (Å²) in [6.45, 7) is 2.85. The van der Waals surface area contributed by atoms with Gasteiger partial charge in [0.05, 0.1) is 0 Å². The van der Waals surface area contributed by atoms with E-state index in [1.807, 2.05) is 18.2 Å². The van der Waals surface area contributed by atoms with E-state index >= 15 is 0 Å². The third kappa shape index (κ3) is 3.24. The van der Waals surface area contributed by atoms with E-state index in [0.29, 0.717) is 36.9 Å². The molecule has 2 aliphatic heterocycles. The van der Waals surface area contributed by atoms with E-state index in [9.17, 15) is 14.4 Å². The van der Waals surface area contributed by atoms with Gasteiger partial charge in [-0.05, 0) is 55.0 Å². The number of imide groups is 1. The summed E-state index contributed by atoms with van der Waals surface area (Å²) in [4.78, 5) is 37.8. The predicted molar refractivity (Wildman–Crippen MR) is 94.8 cm³/mol. The van der Waals surface area contributed by atoms with Crippen molar-refractivity contribution in [2.24, 2.45) is 17.6 Å². The van der Waals surface area contributed by atoms with Crippen LogP contribution in [0.5, 0.6) is 0 Å². The topological polar surface area (TPSA) is 105 Å². The molecule has 4 N–H and O–H groups in total. The fraction of sp³-hybridized carbons (Fsp3) is 0.526. The Kier molecular flexibility index (Phi) is 4.50. The predicted octanol–water partition coefficient (Wildman–Crippen LogP) is 0.132. The van der Waals surface area contributed by atoms with E-state index in [-0.39, 0.29) is 24.1 Å². The van der Waals surface area contributed by atoms with Crippen LogP contribution in [0.4, 0.5) is 0 Å². The van der Waals surface area contributed by atoms with Crippen LogP contribution in [0.15, 0.2) is 18.2 Å². The van der Waals surface area contributed by atoms with Crippen LogP contribution in [0.3, 0.4) is 0 Å². The summed E-state index contributed by atoms with van der Waals surface area (Å²) in [5, 5.41) is 5.77. The zero-order valence-electron chi connectivity index (χ0n) is 14.7. The third-order valence-corrected chi connectivity index (χ3v) is 5.70. The average Bonchev–Trinajstić information content (AvgIpc) is 3.31. The third-order valence-electron chi connectivity index (χ3n) is 5.70. The molecule has 1 unspecified atom stereocenters.